The molecule has 2 aromatic heterocycles. The summed E-state index contributed by atoms with van der Waals surface area (Å²) in [6.45, 7) is 2.90. The van der Waals surface area contributed by atoms with E-state index in [-0.39, 0.29) is 6.42 Å². The number of benzene rings is 1. The number of primary amides is 1. The highest BCUT2D eigenvalue weighted by Gasteiger charge is 2.16. The number of aryl methyl sites for hydroxylation is 1. The number of hydrogen-bond donors (Lipinski definition) is 1. The van der Waals surface area contributed by atoms with Gasteiger partial charge in [0.2, 0.25) is 5.91 Å². The Kier molecular flexibility index (Phi) is 4.15. The molecule has 0 saturated heterocycles. The quantitative estimate of drug-likeness (QED) is 0.756. The van der Waals surface area contributed by atoms with Crippen LogP contribution in [-0.2, 0) is 17.8 Å². The molecule has 0 aliphatic rings. The van der Waals surface area contributed by atoms with Crippen molar-refractivity contribution < 1.29 is 4.79 Å². The Balaban J connectivity index is 2.09. The molecule has 2 N–H and O–H groups in total. The van der Waals surface area contributed by atoms with Gasteiger partial charge in [0.15, 0.2) is 11.6 Å². The van der Waals surface area contributed by atoms with Crippen LogP contribution >= 0.6 is 11.3 Å². The molecule has 0 saturated carbocycles. The fraction of sp³-hybridized carbons (Fsp3) is 0.333. The Hall–Kier alpha value is -2.28. The molecular weight excluding hydrogens is 298 g/mol. The average Bonchev–Trinajstić information content (AvgIpc) is 3.10. The van der Waals surface area contributed by atoms with Crippen LogP contribution in [0.2, 0.25) is 0 Å². The third-order valence-electron chi connectivity index (χ3n) is 3.37. The van der Waals surface area contributed by atoms with Crippen molar-refractivity contribution in [2.45, 2.75) is 32.7 Å². The molecule has 0 atom stereocenters. The zero-order chi connectivity index (χ0) is 15.5. The van der Waals surface area contributed by atoms with Crippen LogP contribution in [0.4, 0.5) is 0 Å². The minimum atomic E-state index is -0.421. The van der Waals surface area contributed by atoms with E-state index in [1.807, 2.05) is 28.4 Å². The molecule has 6 nitrogen and oxygen atoms in total. The summed E-state index contributed by atoms with van der Waals surface area (Å²) in [4.78, 5) is 20.0. The summed E-state index contributed by atoms with van der Waals surface area (Å²) in [5, 5.41) is 4.44. The lowest BCUT2D eigenvalue weighted by molar-refractivity contribution is -0.117. The van der Waals surface area contributed by atoms with Gasteiger partial charge in [-0.15, -0.1) is 11.3 Å². The zero-order valence-electron chi connectivity index (χ0n) is 12.3. The van der Waals surface area contributed by atoms with Gasteiger partial charge >= 0.3 is 0 Å². The smallest absolute Gasteiger partial charge is 0.225 e. The number of rotatable bonds is 6. The molecule has 0 bridgehead atoms. The van der Waals surface area contributed by atoms with Gasteiger partial charge in [-0.2, -0.15) is 5.10 Å². The van der Waals surface area contributed by atoms with E-state index in [4.69, 9.17) is 5.73 Å². The van der Waals surface area contributed by atoms with E-state index in [0.717, 1.165) is 41.0 Å². The van der Waals surface area contributed by atoms with Crippen molar-refractivity contribution in [2.24, 2.45) is 5.73 Å². The van der Waals surface area contributed by atoms with Crippen molar-refractivity contribution in [3.8, 4) is 11.4 Å². The van der Waals surface area contributed by atoms with E-state index < -0.39 is 5.91 Å². The molecule has 3 rings (SSSR count). The van der Waals surface area contributed by atoms with Gasteiger partial charge in [0.25, 0.3) is 0 Å². The van der Waals surface area contributed by atoms with E-state index in [1.165, 1.54) is 0 Å². The molecule has 7 heteroatoms. The monoisotopic (exact) mass is 315 g/mol. The van der Waals surface area contributed by atoms with Crippen LogP contribution in [0, 0.1) is 0 Å². The lowest BCUT2D eigenvalue weighted by Crippen LogP contribution is -2.14. The number of hydrogen-bond acceptors (Lipinski definition) is 5. The van der Waals surface area contributed by atoms with Crippen molar-refractivity contribution in [1.29, 1.82) is 0 Å². The fourth-order valence-electron chi connectivity index (χ4n) is 2.35. The lowest BCUT2D eigenvalue weighted by Gasteiger charge is -2.05. The second-order valence-electron chi connectivity index (χ2n) is 5.08. The average molecular weight is 315 g/mol. The first kappa shape index (κ1) is 14.6. The molecule has 3 aromatic rings. The number of nitrogens with two attached hydrogens (primary N) is 1. The highest BCUT2D eigenvalue weighted by atomic mass is 32.1. The zero-order valence-corrected chi connectivity index (χ0v) is 13.1. The molecule has 0 unspecified atom stereocenters. The second kappa shape index (κ2) is 6.23. The van der Waals surface area contributed by atoms with E-state index in [1.54, 1.807) is 11.3 Å². The summed E-state index contributed by atoms with van der Waals surface area (Å²) in [6.07, 6.45) is 2.13. The van der Waals surface area contributed by atoms with Crippen LogP contribution in [0.3, 0.4) is 0 Å². The van der Waals surface area contributed by atoms with Crippen molar-refractivity contribution in [3.63, 3.8) is 0 Å². The van der Waals surface area contributed by atoms with Crippen LogP contribution < -0.4 is 5.73 Å². The van der Waals surface area contributed by atoms with Gasteiger partial charge in [0.1, 0.15) is 0 Å². The molecule has 1 aromatic carbocycles. The predicted molar refractivity (Wildman–Crippen MR) is 86.4 cm³/mol. The molecule has 0 fully saturated rings. The number of amides is 1. The highest BCUT2D eigenvalue weighted by molar-refractivity contribution is 7.17. The van der Waals surface area contributed by atoms with Gasteiger partial charge in [-0.05, 0) is 18.6 Å². The Morgan fingerprint density at radius 3 is 3.05 bits per heavy atom. The minimum absolute atomic E-state index is 0.0603. The van der Waals surface area contributed by atoms with Crippen molar-refractivity contribution in [2.75, 3.05) is 0 Å². The molecule has 0 spiro atoms. The largest absolute Gasteiger partial charge is 0.369 e. The number of carbonyl (C=O) groups is 1. The summed E-state index contributed by atoms with van der Waals surface area (Å²) in [6, 6.07) is 5.96. The van der Waals surface area contributed by atoms with Gasteiger partial charge in [0.05, 0.1) is 22.1 Å². The van der Waals surface area contributed by atoms with Crippen molar-refractivity contribution in [1.82, 2.24) is 19.7 Å². The van der Waals surface area contributed by atoms with Crippen molar-refractivity contribution >= 4 is 27.5 Å². The summed E-state index contributed by atoms with van der Waals surface area (Å²) in [5.41, 5.74) is 9.03. The van der Waals surface area contributed by atoms with E-state index in [0.29, 0.717) is 5.82 Å². The molecular formula is C15H17N5OS. The number of aromatic nitrogens is 4. The Bertz CT molecular complexity index is 807. The Morgan fingerprint density at radius 2 is 2.27 bits per heavy atom. The van der Waals surface area contributed by atoms with Crippen LogP contribution in [0.25, 0.3) is 21.6 Å². The maximum absolute atomic E-state index is 11.1. The third kappa shape index (κ3) is 2.85. The Labute approximate surface area is 132 Å². The second-order valence-corrected chi connectivity index (χ2v) is 5.93. The predicted octanol–water partition coefficient (Wildman–Crippen LogP) is 2.38. The minimum Gasteiger partial charge on any atom is -0.369 e. The highest BCUT2D eigenvalue weighted by Crippen LogP contribution is 2.30. The maximum Gasteiger partial charge on any atom is 0.225 e. The van der Waals surface area contributed by atoms with Crippen LogP contribution in [0.1, 0.15) is 25.6 Å². The van der Waals surface area contributed by atoms with Crippen molar-refractivity contribution in [3.05, 3.63) is 29.5 Å². The first-order valence-corrected chi connectivity index (χ1v) is 8.11. The molecule has 22 heavy (non-hydrogen) atoms. The summed E-state index contributed by atoms with van der Waals surface area (Å²) in [5.74, 6) is 0.829. The maximum atomic E-state index is 11.1. The fourth-order valence-corrected chi connectivity index (χ4v) is 3.14. The Morgan fingerprint density at radius 1 is 1.41 bits per heavy atom. The first-order chi connectivity index (χ1) is 10.7. The number of unbranched alkanes of at least 4 members (excludes halogenated alkanes) is 1. The number of fused-ring (bicyclic) bond motifs is 1. The molecule has 0 radical (unpaired) electrons. The number of nitrogens with zero attached hydrogens (tertiary/aromatic N) is 4. The lowest BCUT2D eigenvalue weighted by atomic mass is 10.2. The van der Waals surface area contributed by atoms with Gasteiger partial charge in [-0.1, -0.05) is 19.4 Å². The molecule has 114 valence electrons. The van der Waals surface area contributed by atoms with Gasteiger partial charge in [-0.25, -0.2) is 14.6 Å². The van der Waals surface area contributed by atoms with Gasteiger partial charge < -0.3 is 5.73 Å². The first-order valence-electron chi connectivity index (χ1n) is 7.23. The van der Waals surface area contributed by atoms with Crippen LogP contribution in [-0.4, -0.2) is 25.7 Å². The normalized spacial score (nSPS) is 11.1. The summed E-state index contributed by atoms with van der Waals surface area (Å²) < 4.78 is 2.95. The SMILES string of the molecule is CCCCn1nc(CC(N)=O)nc1-c1cccc2ncsc12. The van der Waals surface area contributed by atoms with E-state index in [9.17, 15) is 4.79 Å². The van der Waals surface area contributed by atoms with E-state index in [2.05, 4.69) is 22.0 Å². The molecule has 2 heterocycles. The van der Waals surface area contributed by atoms with E-state index >= 15 is 0 Å². The number of carbonyl (C=O) groups excluding carboxylic acids is 1. The summed E-state index contributed by atoms with van der Waals surface area (Å²) >= 11 is 1.58. The topological polar surface area (TPSA) is 86.7 Å². The molecule has 0 aliphatic carbocycles. The number of thiazole rings is 1. The standard InChI is InChI=1S/C15H17N5OS/c1-2-3-7-20-15(18-13(19-20)8-12(16)21)10-5-4-6-11-14(10)22-9-17-11/h4-6,9H,2-3,7-8H2,1H3,(H2,16,21). The third-order valence-corrected chi connectivity index (χ3v) is 4.24. The van der Waals surface area contributed by atoms with Gasteiger partial charge in [-0.3, -0.25) is 4.79 Å². The van der Waals surface area contributed by atoms with Crippen LogP contribution in [0.5, 0.6) is 0 Å². The van der Waals surface area contributed by atoms with Crippen LogP contribution in [0.15, 0.2) is 23.7 Å². The van der Waals surface area contributed by atoms with Gasteiger partial charge in [0, 0.05) is 12.1 Å². The summed E-state index contributed by atoms with van der Waals surface area (Å²) in [7, 11) is 0. The molecule has 1 amide bonds. The molecule has 0 aliphatic heterocycles.